The maximum absolute atomic E-state index is 3.50. The first-order valence-corrected chi connectivity index (χ1v) is 5.52. The van der Waals surface area contributed by atoms with E-state index in [-0.39, 0.29) is 0 Å². The molecule has 0 N–H and O–H groups in total. The lowest BCUT2D eigenvalue weighted by atomic mass is 10.1. The summed E-state index contributed by atoms with van der Waals surface area (Å²) in [5, 5.41) is 0.938. The number of alkyl halides is 1. The van der Waals surface area contributed by atoms with Crippen molar-refractivity contribution in [2.45, 2.75) is 18.7 Å². The summed E-state index contributed by atoms with van der Waals surface area (Å²) >= 11 is 6.93. The Balaban J connectivity index is 3.02. The van der Waals surface area contributed by atoms with Crippen molar-refractivity contribution in [2.24, 2.45) is 0 Å². The molecule has 1 aromatic rings. The Bertz CT molecular complexity index is 243. The Kier molecular flexibility index (Phi) is 3.60. The van der Waals surface area contributed by atoms with E-state index in [0.29, 0.717) is 0 Å². The highest BCUT2D eigenvalue weighted by Gasteiger charge is 1.97. The fourth-order valence-electron chi connectivity index (χ4n) is 0.982. The fraction of sp³-hybridized carbons (Fsp3) is 0.333. The smallest absolute Gasteiger partial charge is 0.0283 e. The van der Waals surface area contributed by atoms with Gasteiger partial charge in [-0.25, -0.2) is 0 Å². The molecule has 0 unspecified atom stereocenters. The number of hydrogen-bond acceptors (Lipinski definition) is 0. The quantitative estimate of drug-likeness (QED) is 0.719. The van der Waals surface area contributed by atoms with Gasteiger partial charge in [-0.3, -0.25) is 0 Å². The predicted molar refractivity (Wildman–Crippen MR) is 56.2 cm³/mol. The van der Waals surface area contributed by atoms with E-state index in [1.807, 2.05) is 0 Å². The summed E-state index contributed by atoms with van der Waals surface area (Å²) in [6.07, 6.45) is 1.08. The lowest BCUT2D eigenvalue weighted by Crippen LogP contribution is -1.85. The zero-order valence-electron chi connectivity index (χ0n) is 6.40. The summed E-state index contributed by atoms with van der Waals surface area (Å²) < 4.78 is 1.21. The van der Waals surface area contributed by atoms with E-state index in [1.54, 1.807) is 0 Å². The van der Waals surface area contributed by atoms with Crippen molar-refractivity contribution >= 4 is 31.9 Å². The number of benzene rings is 1. The number of aryl methyl sites for hydroxylation is 1. The molecule has 60 valence electrons. The SMILES string of the molecule is CCc1cc(CBr)ccc1Br. The fourth-order valence-corrected chi connectivity index (χ4v) is 1.86. The van der Waals surface area contributed by atoms with Crippen LogP contribution in [0.4, 0.5) is 0 Å². The molecule has 0 atom stereocenters. The van der Waals surface area contributed by atoms with Crippen LogP contribution in [0, 0.1) is 0 Å². The maximum atomic E-state index is 3.50. The molecule has 0 spiro atoms. The van der Waals surface area contributed by atoms with Gasteiger partial charge < -0.3 is 0 Å². The van der Waals surface area contributed by atoms with E-state index in [1.165, 1.54) is 15.6 Å². The number of rotatable bonds is 2. The Morgan fingerprint density at radius 3 is 2.64 bits per heavy atom. The van der Waals surface area contributed by atoms with E-state index in [9.17, 15) is 0 Å². The molecular weight excluding hydrogens is 268 g/mol. The van der Waals surface area contributed by atoms with Crippen LogP contribution >= 0.6 is 31.9 Å². The second-order valence-corrected chi connectivity index (χ2v) is 3.83. The van der Waals surface area contributed by atoms with Crippen molar-refractivity contribution in [3.05, 3.63) is 33.8 Å². The third-order valence-corrected chi connectivity index (χ3v) is 3.07. The molecule has 0 saturated carbocycles. The van der Waals surface area contributed by atoms with Gasteiger partial charge in [0.15, 0.2) is 0 Å². The van der Waals surface area contributed by atoms with Gasteiger partial charge >= 0.3 is 0 Å². The third kappa shape index (κ3) is 2.31. The van der Waals surface area contributed by atoms with Gasteiger partial charge in [-0.05, 0) is 23.6 Å². The third-order valence-electron chi connectivity index (χ3n) is 1.65. The molecule has 0 saturated heterocycles. The Labute approximate surface area is 84.3 Å². The molecule has 11 heavy (non-hydrogen) atoms. The molecule has 0 bridgehead atoms. The molecule has 1 rings (SSSR count). The zero-order valence-corrected chi connectivity index (χ0v) is 9.57. The highest BCUT2D eigenvalue weighted by atomic mass is 79.9. The minimum atomic E-state index is 0.938. The molecule has 0 aliphatic heterocycles. The monoisotopic (exact) mass is 276 g/mol. The summed E-state index contributed by atoms with van der Waals surface area (Å²) in [5.41, 5.74) is 2.71. The summed E-state index contributed by atoms with van der Waals surface area (Å²) in [6, 6.07) is 6.45. The highest BCUT2D eigenvalue weighted by molar-refractivity contribution is 9.10. The van der Waals surface area contributed by atoms with Gasteiger partial charge in [0.05, 0.1) is 0 Å². The standard InChI is InChI=1S/C9H10Br2/c1-2-8-5-7(6-10)3-4-9(8)11/h3-5H,2,6H2,1H3. The van der Waals surface area contributed by atoms with Crippen molar-refractivity contribution in [1.29, 1.82) is 0 Å². The zero-order chi connectivity index (χ0) is 8.27. The molecule has 0 aliphatic carbocycles. The average Bonchev–Trinajstić information content (AvgIpc) is 2.05. The molecule has 0 aliphatic rings. The number of hydrogen-bond donors (Lipinski definition) is 0. The van der Waals surface area contributed by atoms with Crippen LogP contribution in [-0.2, 0) is 11.8 Å². The van der Waals surface area contributed by atoms with Gasteiger partial charge in [0.1, 0.15) is 0 Å². The summed E-state index contributed by atoms with van der Waals surface area (Å²) in [6.45, 7) is 2.16. The van der Waals surface area contributed by atoms with E-state index >= 15 is 0 Å². The summed E-state index contributed by atoms with van der Waals surface area (Å²) in [7, 11) is 0. The van der Waals surface area contributed by atoms with Crippen molar-refractivity contribution in [3.8, 4) is 0 Å². The van der Waals surface area contributed by atoms with Gasteiger partial charge in [-0.1, -0.05) is 50.9 Å². The van der Waals surface area contributed by atoms with Crippen LogP contribution in [0.15, 0.2) is 22.7 Å². The summed E-state index contributed by atoms with van der Waals surface area (Å²) in [5.74, 6) is 0. The van der Waals surface area contributed by atoms with E-state index in [0.717, 1.165) is 11.8 Å². The molecule has 0 radical (unpaired) electrons. The first-order chi connectivity index (χ1) is 5.27. The predicted octanol–water partition coefficient (Wildman–Crippen LogP) is 3.91. The first-order valence-electron chi connectivity index (χ1n) is 3.61. The lowest BCUT2D eigenvalue weighted by Gasteiger charge is -2.02. The molecular formula is C9H10Br2. The minimum absolute atomic E-state index is 0.938. The average molecular weight is 278 g/mol. The Morgan fingerprint density at radius 2 is 2.09 bits per heavy atom. The maximum Gasteiger partial charge on any atom is 0.0283 e. The van der Waals surface area contributed by atoms with Gasteiger partial charge in [0.2, 0.25) is 0 Å². The van der Waals surface area contributed by atoms with E-state index in [4.69, 9.17) is 0 Å². The van der Waals surface area contributed by atoms with Crippen LogP contribution in [0.2, 0.25) is 0 Å². The molecule has 0 amide bonds. The second kappa shape index (κ2) is 4.27. The normalized spacial score (nSPS) is 10.1. The molecule has 0 nitrogen and oxygen atoms in total. The largest absolute Gasteiger partial charge is 0.0876 e. The molecule has 2 heteroatoms. The van der Waals surface area contributed by atoms with E-state index < -0.39 is 0 Å². The van der Waals surface area contributed by atoms with Gasteiger partial charge in [0, 0.05) is 9.80 Å². The second-order valence-electron chi connectivity index (χ2n) is 2.41. The molecule has 0 heterocycles. The first kappa shape index (κ1) is 9.27. The molecule has 1 aromatic carbocycles. The van der Waals surface area contributed by atoms with Gasteiger partial charge in [-0.15, -0.1) is 0 Å². The Hall–Kier alpha value is 0.180. The Morgan fingerprint density at radius 1 is 1.36 bits per heavy atom. The van der Waals surface area contributed by atoms with Gasteiger partial charge in [-0.2, -0.15) is 0 Å². The van der Waals surface area contributed by atoms with Crippen LogP contribution in [-0.4, -0.2) is 0 Å². The van der Waals surface area contributed by atoms with Crippen molar-refractivity contribution < 1.29 is 0 Å². The molecule has 0 aromatic heterocycles. The topological polar surface area (TPSA) is 0 Å². The number of halogens is 2. The van der Waals surface area contributed by atoms with Crippen molar-refractivity contribution in [3.63, 3.8) is 0 Å². The highest BCUT2D eigenvalue weighted by Crippen LogP contribution is 2.19. The molecule has 0 fully saturated rings. The van der Waals surface area contributed by atoms with Gasteiger partial charge in [0.25, 0.3) is 0 Å². The summed E-state index contributed by atoms with van der Waals surface area (Å²) in [4.78, 5) is 0. The lowest BCUT2D eigenvalue weighted by molar-refractivity contribution is 1.12. The minimum Gasteiger partial charge on any atom is -0.0876 e. The van der Waals surface area contributed by atoms with Crippen LogP contribution in [0.1, 0.15) is 18.1 Å². The van der Waals surface area contributed by atoms with Crippen molar-refractivity contribution in [1.82, 2.24) is 0 Å². The van der Waals surface area contributed by atoms with Crippen LogP contribution in [0.25, 0.3) is 0 Å². The van der Waals surface area contributed by atoms with Crippen LogP contribution in [0.3, 0.4) is 0 Å². The van der Waals surface area contributed by atoms with Crippen molar-refractivity contribution in [2.75, 3.05) is 0 Å². The van der Waals surface area contributed by atoms with E-state index in [2.05, 4.69) is 57.0 Å². The van der Waals surface area contributed by atoms with Crippen LogP contribution < -0.4 is 0 Å². The van der Waals surface area contributed by atoms with Crippen LogP contribution in [0.5, 0.6) is 0 Å².